The number of hydrogen-bond donors (Lipinski definition) is 0. The average Bonchev–Trinajstić information content (AvgIpc) is 2.50. The van der Waals surface area contributed by atoms with Crippen LogP contribution >= 0.6 is 34.8 Å². The van der Waals surface area contributed by atoms with Gasteiger partial charge >= 0.3 is 24.3 Å². The van der Waals surface area contributed by atoms with Crippen molar-refractivity contribution in [3.63, 3.8) is 0 Å². The van der Waals surface area contributed by atoms with Crippen molar-refractivity contribution in [3.8, 4) is 5.75 Å². The first-order valence-electron chi connectivity index (χ1n) is 6.69. The molecule has 4 nitrogen and oxygen atoms in total. The Kier molecular flexibility index (Phi) is 8.24. The van der Waals surface area contributed by atoms with Gasteiger partial charge in [0.25, 0.3) is 0 Å². The van der Waals surface area contributed by atoms with Gasteiger partial charge in [0, 0.05) is 23.9 Å². The molecule has 0 heterocycles. The summed E-state index contributed by atoms with van der Waals surface area (Å²) in [5, 5.41) is 0.217. The van der Waals surface area contributed by atoms with Crippen LogP contribution in [0.25, 0.3) is 0 Å². The summed E-state index contributed by atoms with van der Waals surface area (Å²) in [6.45, 7) is -1.73. The zero-order valence-electron chi connectivity index (χ0n) is 12.3. The van der Waals surface area contributed by atoms with Gasteiger partial charge in [-0.15, -0.1) is 0 Å². The minimum atomic E-state index is -4.42. The Labute approximate surface area is 154 Å². The van der Waals surface area contributed by atoms with Crippen molar-refractivity contribution < 1.29 is 36.6 Å². The molecule has 0 unspecified atom stereocenters. The van der Waals surface area contributed by atoms with E-state index >= 15 is 0 Å². The Bertz CT molecular complexity index is 641. The summed E-state index contributed by atoms with van der Waals surface area (Å²) in [4.78, 5) is 22.8. The number of carbonyl (C=O) groups excluding carboxylic acids is 2. The van der Waals surface area contributed by atoms with E-state index < -0.39 is 37.3 Å². The maximum atomic E-state index is 12.6. The quantitative estimate of drug-likeness (QED) is 0.250. The second-order valence-electron chi connectivity index (χ2n) is 4.75. The van der Waals surface area contributed by atoms with Crippen LogP contribution in [0.15, 0.2) is 12.1 Å². The van der Waals surface area contributed by atoms with E-state index in [0.717, 1.165) is 0 Å². The highest BCUT2D eigenvalue weighted by Gasteiger charge is 2.42. The summed E-state index contributed by atoms with van der Waals surface area (Å²) in [6, 6.07) is 2.60. The molecule has 1 aromatic carbocycles. The van der Waals surface area contributed by atoms with E-state index in [-0.39, 0.29) is 33.7 Å². The number of ether oxygens (including phenoxy) is 2. The molecule has 1 rings (SSSR count). The van der Waals surface area contributed by atoms with Gasteiger partial charge < -0.3 is 9.47 Å². The third kappa shape index (κ3) is 7.25. The first kappa shape index (κ1) is 21.8. The lowest BCUT2D eigenvalue weighted by atomic mass is 10.2. The van der Waals surface area contributed by atoms with Crippen LogP contribution in [0.2, 0.25) is 15.1 Å². The molecular formula is C14H11Cl3F4O4. The Morgan fingerprint density at radius 2 is 1.68 bits per heavy atom. The van der Waals surface area contributed by atoms with Crippen molar-refractivity contribution in [3.05, 3.63) is 27.2 Å². The van der Waals surface area contributed by atoms with Gasteiger partial charge in [-0.3, -0.25) is 9.59 Å². The number of esters is 2. The first-order chi connectivity index (χ1) is 11.5. The van der Waals surface area contributed by atoms with Crippen molar-refractivity contribution in [1.82, 2.24) is 0 Å². The van der Waals surface area contributed by atoms with Gasteiger partial charge in [0.05, 0.1) is 5.02 Å². The van der Waals surface area contributed by atoms with E-state index in [1.165, 1.54) is 12.1 Å². The molecule has 0 aliphatic rings. The topological polar surface area (TPSA) is 52.6 Å². The highest BCUT2D eigenvalue weighted by atomic mass is 35.5. The maximum Gasteiger partial charge on any atom is 0.340 e. The number of rotatable bonds is 8. The highest BCUT2D eigenvalue weighted by molar-refractivity contribution is 6.44. The number of benzene rings is 1. The van der Waals surface area contributed by atoms with Crippen molar-refractivity contribution in [2.45, 2.75) is 31.6 Å². The molecule has 0 aliphatic carbocycles. The molecule has 140 valence electrons. The van der Waals surface area contributed by atoms with Gasteiger partial charge in [0.1, 0.15) is 5.02 Å². The normalized spacial score (nSPS) is 11.5. The van der Waals surface area contributed by atoms with E-state index in [0.29, 0.717) is 0 Å². The summed E-state index contributed by atoms with van der Waals surface area (Å²) in [7, 11) is 0. The van der Waals surface area contributed by atoms with Crippen LogP contribution in [0.3, 0.4) is 0 Å². The summed E-state index contributed by atoms with van der Waals surface area (Å²) < 4.78 is 57.9. The molecule has 1 aromatic rings. The molecule has 0 bridgehead atoms. The lowest BCUT2D eigenvalue weighted by Crippen LogP contribution is -2.33. The molecular weight excluding hydrogens is 415 g/mol. The minimum absolute atomic E-state index is 0.0342. The van der Waals surface area contributed by atoms with E-state index in [4.69, 9.17) is 39.5 Å². The molecule has 0 radical (unpaired) electrons. The van der Waals surface area contributed by atoms with Gasteiger partial charge in [-0.1, -0.05) is 34.8 Å². The number of alkyl halides is 4. The molecule has 0 aromatic heterocycles. The third-order valence-electron chi connectivity index (χ3n) is 2.69. The Morgan fingerprint density at radius 3 is 2.28 bits per heavy atom. The summed E-state index contributed by atoms with van der Waals surface area (Å²) >= 11 is 17.3. The van der Waals surface area contributed by atoms with Gasteiger partial charge in [-0.05, 0) is 12.5 Å². The average molecular weight is 426 g/mol. The largest absolute Gasteiger partial charge is 0.459 e. The Hall–Kier alpha value is -1.25. The van der Waals surface area contributed by atoms with E-state index in [1.807, 2.05) is 0 Å². The number of halogens is 7. The molecule has 0 atom stereocenters. The fourth-order valence-electron chi connectivity index (χ4n) is 1.47. The van der Waals surface area contributed by atoms with Gasteiger partial charge in [-0.2, -0.15) is 8.78 Å². The van der Waals surface area contributed by atoms with Crippen LogP contribution in [0.1, 0.15) is 19.3 Å². The monoisotopic (exact) mass is 424 g/mol. The second kappa shape index (κ2) is 9.45. The Balaban J connectivity index is 2.39. The third-order valence-corrected chi connectivity index (χ3v) is 3.69. The van der Waals surface area contributed by atoms with Crippen molar-refractivity contribution in [1.29, 1.82) is 0 Å². The van der Waals surface area contributed by atoms with Gasteiger partial charge in [0.2, 0.25) is 0 Å². The number of hydrogen-bond acceptors (Lipinski definition) is 4. The first-order valence-corrected chi connectivity index (χ1v) is 7.83. The summed E-state index contributed by atoms with van der Waals surface area (Å²) in [5.74, 6) is -6.43. The molecule has 11 heteroatoms. The molecule has 0 saturated carbocycles. The lowest BCUT2D eigenvalue weighted by Gasteiger charge is -2.14. The lowest BCUT2D eigenvalue weighted by molar-refractivity contribution is -0.179. The van der Waals surface area contributed by atoms with Crippen molar-refractivity contribution in [2.75, 3.05) is 6.61 Å². The molecule has 0 saturated heterocycles. The summed E-state index contributed by atoms with van der Waals surface area (Å²) in [6.07, 6.45) is -4.76. The van der Waals surface area contributed by atoms with E-state index in [1.54, 1.807) is 0 Å². The number of carbonyl (C=O) groups is 2. The van der Waals surface area contributed by atoms with Gasteiger partial charge in [0.15, 0.2) is 12.4 Å². The summed E-state index contributed by atoms with van der Waals surface area (Å²) in [5.41, 5.74) is 0. The molecule has 0 N–H and O–H groups in total. The predicted octanol–water partition coefficient (Wildman–Crippen LogP) is 5.17. The Morgan fingerprint density at radius 1 is 1.08 bits per heavy atom. The predicted molar refractivity (Wildman–Crippen MR) is 82.9 cm³/mol. The van der Waals surface area contributed by atoms with Crippen molar-refractivity contribution in [2.24, 2.45) is 0 Å². The SMILES string of the molecule is O=C(CCCC(=O)Oc1cc(Cl)cc(Cl)c1Cl)OCC(F)(F)C(F)F. The minimum Gasteiger partial charge on any atom is -0.459 e. The zero-order chi connectivity index (χ0) is 19.2. The molecule has 0 spiro atoms. The smallest absolute Gasteiger partial charge is 0.340 e. The second-order valence-corrected chi connectivity index (χ2v) is 5.97. The van der Waals surface area contributed by atoms with Gasteiger partial charge in [-0.25, -0.2) is 8.78 Å². The van der Waals surface area contributed by atoms with E-state index in [2.05, 4.69) is 4.74 Å². The molecule has 0 amide bonds. The standard InChI is InChI=1S/C14H11Cl3F4O4/c15-7-4-8(16)12(17)9(5-7)25-11(23)3-1-2-10(22)24-6-14(20,21)13(18)19/h4-5,13H,1-3,6H2. The zero-order valence-corrected chi connectivity index (χ0v) is 14.6. The fraction of sp³-hybridized carbons (Fsp3) is 0.429. The molecule has 0 fully saturated rings. The highest BCUT2D eigenvalue weighted by Crippen LogP contribution is 2.35. The maximum absolute atomic E-state index is 12.6. The molecule has 0 aliphatic heterocycles. The fourth-order valence-corrected chi connectivity index (χ4v) is 2.09. The van der Waals surface area contributed by atoms with Crippen molar-refractivity contribution >= 4 is 46.7 Å². The van der Waals surface area contributed by atoms with E-state index in [9.17, 15) is 27.2 Å². The van der Waals surface area contributed by atoms with Crippen LogP contribution in [0.4, 0.5) is 17.6 Å². The van der Waals surface area contributed by atoms with Crippen LogP contribution in [-0.4, -0.2) is 30.9 Å². The van der Waals surface area contributed by atoms with Crippen LogP contribution in [-0.2, 0) is 14.3 Å². The van der Waals surface area contributed by atoms with Crippen LogP contribution in [0, 0.1) is 0 Å². The van der Waals surface area contributed by atoms with Crippen LogP contribution in [0.5, 0.6) is 5.75 Å². The molecule has 25 heavy (non-hydrogen) atoms. The van der Waals surface area contributed by atoms with Crippen LogP contribution < -0.4 is 4.74 Å².